The van der Waals surface area contributed by atoms with Crippen LogP contribution in [-0.4, -0.2) is 15.8 Å². The molecule has 1 N–H and O–H groups in total. The molecule has 1 heterocycles. The van der Waals surface area contributed by atoms with Gasteiger partial charge in [-0.25, -0.2) is 4.98 Å². The number of diazo groups is 1. The Kier molecular flexibility index (Phi) is 3.79. The topological polar surface area (TPSA) is 61.3 Å². The van der Waals surface area contributed by atoms with E-state index in [4.69, 9.17) is 10.5 Å². The van der Waals surface area contributed by atoms with Crippen molar-refractivity contribution in [2.75, 3.05) is 5.75 Å². The maximum absolute atomic E-state index is 9.07. The highest BCUT2D eigenvalue weighted by molar-refractivity contribution is 7.99. The van der Waals surface area contributed by atoms with Gasteiger partial charge in [0, 0.05) is 6.20 Å². The third-order valence-electron chi connectivity index (χ3n) is 1.21. The molecule has 4 nitrogen and oxygen atoms in total. The summed E-state index contributed by atoms with van der Waals surface area (Å²) in [7, 11) is 0. The van der Waals surface area contributed by atoms with Crippen LogP contribution < -0.4 is 0 Å². The summed E-state index contributed by atoms with van der Waals surface area (Å²) in [5.41, 5.74) is 0. The molecule has 0 amide bonds. The van der Waals surface area contributed by atoms with Gasteiger partial charge in [-0.3, -0.25) is 0 Å². The Morgan fingerprint density at radius 2 is 2.54 bits per heavy atom. The largest absolute Gasteiger partial charge is 0.505 e. The molecule has 0 radical (unpaired) electrons. The van der Waals surface area contributed by atoms with Gasteiger partial charge in [-0.2, -0.15) is 0 Å². The second-order valence-corrected chi connectivity index (χ2v) is 3.19. The highest BCUT2D eigenvalue weighted by Gasteiger charge is 2.01. The van der Waals surface area contributed by atoms with E-state index in [0.29, 0.717) is 5.75 Å². The summed E-state index contributed by atoms with van der Waals surface area (Å²) in [6, 6.07) is 5.53. The second-order valence-electron chi connectivity index (χ2n) is 2.19. The summed E-state index contributed by atoms with van der Waals surface area (Å²) in [5, 5.41) is 18.0. The second kappa shape index (κ2) is 5.17. The van der Waals surface area contributed by atoms with Gasteiger partial charge in [0.1, 0.15) is 0 Å². The van der Waals surface area contributed by atoms with Crippen molar-refractivity contribution in [3.63, 3.8) is 0 Å². The lowest BCUT2D eigenvalue weighted by atomic mass is 10.5. The first-order valence-electron chi connectivity index (χ1n) is 3.59. The Hall–Kier alpha value is -1.54. The lowest BCUT2D eigenvalue weighted by molar-refractivity contribution is 0.417. The van der Waals surface area contributed by atoms with Gasteiger partial charge in [0.05, 0.1) is 10.8 Å². The number of aliphatic hydroxyl groups excluding tert-OH is 1. The van der Waals surface area contributed by atoms with Gasteiger partial charge in [0.2, 0.25) is 5.39 Å². The van der Waals surface area contributed by atoms with Crippen LogP contribution >= 0.6 is 11.8 Å². The number of aromatic nitrogens is 1. The average Bonchev–Trinajstić information content (AvgIpc) is 2.17. The lowest BCUT2D eigenvalue weighted by Gasteiger charge is -1.95. The Morgan fingerprint density at radius 3 is 3.15 bits per heavy atom. The first kappa shape index (κ1) is 9.55. The van der Waals surface area contributed by atoms with Crippen LogP contribution in [0.4, 0.5) is 0 Å². The monoisotopic (exact) mass is 194 g/mol. The molecule has 0 aliphatic heterocycles. The minimum Gasteiger partial charge on any atom is -0.505 e. The van der Waals surface area contributed by atoms with Gasteiger partial charge in [0.25, 0.3) is 0 Å². The molecule has 0 aromatic carbocycles. The van der Waals surface area contributed by atoms with Crippen molar-refractivity contribution in [1.29, 1.82) is 5.39 Å². The zero-order valence-corrected chi connectivity index (χ0v) is 7.61. The molecule has 1 aromatic rings. The molecular weight excluding hydrogens is 186 g/mol. The van der Waals surface area contributed by atoms with E-state index in [1.807, 2.05) is 18.2 Å². The molecule has 13 heavy (non-hydrogen) atoms. The maximum atomic E-state index is 9.07. The molecule has 0 saturated carbocycles. The standard InChI is InChI=1S/C8H7N3OS/c9-11-5-7(12)6-13-8-3-1-2-4-10-8/h1-5H,6H2/p+1/b7-5-. The van der Waals surface area contributed by atoms with Gasteiger partial charge in [-0.05, 0) is 12.1 Å². The minimum absolute atomic E-state index is 0.0122. The van der Waals surface area contributed by atoms with Crippen molar-refractivity contribution in [3.8, 4) is 0 Å². The predicted molar refractivity (Wildman–Crippen MR) is 50.8 cm³/mol. The molecule has 0 atom stereocenters. The number of aliphatic hydroxyl groups is 1. The molecule has 0 saturated heterocycles. The summed E-state index contributed by atoms with van der Waals surface area (Å²) in [5.74, 6) is 0.360. The highest BCUT2D eigenvalue weighted by Crippen LogP contribution is 2.16. The zero-order chi connectivity index (χ0) is 9.52. The molecule has 0 fully saturated rings. The van der Waals surface area contributed by atoms with Crippen molar-refractivity contribution in [3.05, 3.63) is 41.3 Å². The Labute approximate surface area is 79.9 Å². The zero-order valence-electron chi connectivity index (χ0n) is 6.79. The van der Waals surface area contributed by atoms with Crippen molar-refractivity contribution in [2.45, 2.75) is 5.03 Å². The maximum Gasteiger partial charge on any atom is 0.388 e. The number of thioether (sulfide) groups is 1. The lowest BCUT2D eigenvalue weighted by Crippen LogP contribution is -1.85. The van der Waals surface area contributed by atoms with Crippen LogP contribution in [-0.2, 0) is 0 Å². The minimum atomic E-state index is 0.0122. The summed E-state index contributed by atoms with van der Waals surface area (Å²) < 4.78 is 0. The Bertz CT molecular complexity index is 331. The van der Waals surface area contributed by atoms with Crippen LogP contribution in [0, 0.1) is 5.39 Å². The molecule has 5 heteroatoms. The molecule has 0 bridgehead atoms. The van der Waals surface area contributed by atoms with Gasteiger partial charge < -0.3 is 5.11 Å². The smallest absolute Gasteiger partial charge is 0.388 e. The van der Waals surface area contributed by atoms with E-state index in [1.165, 1.54) is 11.8 Å². The van der Waals surface area contributed by atoms with Crippen molar-refractivity contribution < 1.29 is 5.11 Å². The van der Waals surface area contributed by atoms with E-state index >= 15 is 0 Å². The Balaban J connectivity index is 2.45. The first-order valence-corrected chi connectivity index (χ1v) is 4.57. The normalized spacial score (nSPS) is 10.8. The fourth-order valence-corrected chi connectivity index (χ4v) is 1.36. The summed E-state index contributed by atoms with van der Waals surface area (Å²) in [6.07, 6.45) is 2.68. The third kappa shape index (κ3) is 3.58. The molecule has 0 spiro atoms. The van der Waals surface area contributed by atoms with E-state index in [2.05, 4.69) is 9.96 Å². The van der Waals surface area contributed by atoms with Crippen LogP contribution in [0.25, 0.3) is 4.98 Å². The van der Waals surface area contributed by atoms with Crippen LogP contribution in [0.15, 0.2) is 41.4 Å². The van der Waals surface area contributed by atoms with E-state index in [0.717, 1.165) is 11.2 Å². The number of pyridine rings is 1. The molecule has 1 rings (SSSR count). The van der Waals surface area contributed by atoms with Gasteiger partial charge >= 0.3 is 6.20 Å². The number of hydrogen-bond donors (Lipinski definition) is 1. The Morgan fingerprint density at radius 1 is 1.69 bits per heavy atom. The molecule has 1 aromatic heterocycles. The summed E-state index contributed by atoms with van der Waals surface area (Å²) in [4.78, 5) is 6.74. The number of nitrogens with zero attached hydrogens (tertiary/aromatic N) is 3. The average molecular weight is 194 g/mol. The van der Waals surface area contributed by atoms with Crippen molar-refractivity contribution >= 4 is 11.8 Å². The fraction of sp³-hybridized carbons (Fsp3) is 0.125. The summed E-state index contributed by atoms with van der Waals surface area (Å²) in [6.45, 7) is 0. The summed E-state index contributed by atoms with van der Waals surface area (Å²) >= 11 is 1.37. The molecule has 66 valence electrons. The van der Waals surface area contributed by atoms with Gasteiger partial charge in [-0.15, -0.1) is 0 Å². The van der Waals surface area contributed by atoms with Gasteiger partial charge in [-0.1, -0.05) is 17.8 Å². The van der Waals surface area contributed by atoms with E-state index in [-0.39, 0.29) is 5.76 Å². The van der Waals surface area contributed by atoms with Crippen molar-refractivity contribution in [2.24, 2.45) is 0 Å². The van der Waals surface area contributed by atoms with E-state index in [9.17, 15) is 0 Å². The first-order chi connectivity index (χ1) is 6.33. The van der Waals surface area contributed by atoms with E-state index < -0.39 is 0 Å². The van der Waals surface area contributed by atoms with Crippen LogP contribution in [0.1, 0.15) is 0 Å². The van der Waals surface area contributed by atoms with Crippen LogP contribution in [0.3, 0.4) is 0 Å². The van der Waals surface area contributed by atoms with Crippen molar-refractivity contribution in [1.82, 2.24) is 4.98 Å². The quantitative estimate of drug-likeness (QED) is 0.456. The number of hydrogen-bond acceptors (Lipinski definition) is 4. The SMILES string of the molecule is N#[N+]/C=C(\O)CSc1ccccn1. The fourth-order valence-electron chi connectivity index (χ4n) is 0.684. The van der Waals surface area contributed by atoms with Crippen LogP contribution in [0.2, 0.25) is 0 Å². The molecular formula is C8H8N3OS+. The number of rotatable bonds is 3. The molecule has 0 aliphatic rings. The van der Waals surface area contributed by atoms with Gasteiger partial charge in [0.15, 0.2) is 10.7 Å². The molecule has 0 unspecified atom stereocenters. The van der Waals surface area contributed by atoms with E-state index in [1.54, 1.807) is 6.20 Å². The highest BCUT2D eigenvalue weighted by atomic mass is 32.2. The predicted octanol–water partition coefficient (Wildman–Crippen LogP) is 2.43. The van der Waals surface area contributed by atoms with Crippen LogP contribution in [0.5, 0.6) is 0 Å². The third-order valence-corrected chi connectivity index (χ3v) is 2.19. The molecule has 0 aliphatic carbocycles.